The quantitative estimate of drug-likeness (QED) is 0.0252. The van der Waals surface area contributed by atoms with Crippen molar-refractivity contribution in [2.45, 2.75) is 281 Å². The Morgan fingerprint density at radius 2 is 0.967 bits per heavy atom. The van der Waals surface area contributed by atoms with Gasteiger partial charge in [-0.3, -0.25) is 9.35 Å². The monoisotopic (exact) mass is 880 g/mol. The molecule has 0 radical (unpaired) electrons. The van der Waals surface area contributed by atoms with Crippen LogP contribution < -0.4 is 5.32 Å². The Labute approximate surface area is 367 Å². The second-order valence-corrected chi connectivity index (χ2v) is 18.8. The number of aliphatic hydroxyl groups is 4. The van der Waals surface area contributed by atoms with Crippen LogP contribution in [0.1, 0.15) is 239 Å². The number of aliphatic hydroxyl groups excluding tert-OH is 4. The van der Waals surface area contributed by atoms with Crippen molar-refractivity contribution in [2.24, 2.45) is 0 Å². The van der Waals surface area contributed by atoms with E-state index in [0.29, 0.717) is 12.8 Å². The average Bonchev–Trinajstić information content (AvgIpc) is 3.22. The summed E-state index contributed by atoms with van der Waals surface area (Å²) in [4.78, 5) is 13.1. The highest BCUT2D eigenvalue weighted by molar-refractivity contribution is 7.80. The third-order valence-electron chi connectivity index (χ3n) is 12.2. The van der Waals surface area contributed by atoms with Crippen molar-refractivity contribution in [3.05, 3.63) is 0 Å². The van der Waals surface area contributed by atoms with Crippen molar-refractivity contribution in [3.63, 3.8) is 0 Å². The van der Waals surface area contributed by atoms with Crippen LogP contribution in [0.25, 0.3) is 0 Å². The van der Waals surface area contributed by atoms with Gasteiger partial charge in [0, 0.05) is 6.42 Å². The first kappa shape index (κ1) is 57.1. The molecule has 60 heavy (non-hydrogen) atoms. The van der Waals surface area contributed by atoms with Gasteiger partial charge in [-0.1, -0.05) is 219 Å². The smallest absolute Gasteiger partial charge is 0.394 e. The van der Waals surface area contributed by atoms with Crippen LogP contribution in [0.15, 0.2) is 0 Å². The Morgan fingerprint density at radius 1 is 0.600 bits per heavy atom. The molecule has 1 saturated heterocycles. The zero-order chi connectivity index (χ0) is 44.1. The molecule has 13 heteroatoms. The van der Waals surface area contributed by atoms with Gasteiger partial charge in [-0.25, -0.2) is 4.18 Å². The summed E-state index contributed by atoms with van der Waals surface area (Å²) in [6.45, 7) is 3.47. The molecular weight excluding hydrogens is 787 g/mol. The molecule has 0 aromatic carbocycles. The minimum atomic E-state index is -5.07. The number of nitrogens with one attached hydrogen (secondary N) is 1. The largest absolute Gasteiger partial charge is 0.397 e. The van der Waals surface area contributed by atoms with Crippen molar-refractivity contribution in [2.75, 3.05) is 13.2 Å². The molecule has 7 atom stereocenters. The molecule has 1 heterocycles. The second kappa shape index (κ2) is 38.5. The third kappa shape index (κ3) is 31.0. The molecule has 12 nitrogen and oxygen atoms in total. The van der Waals surface area contributed by atoms with E-state index in [0.717, 1.165) is 51.4 Å². The summed E-state index contributed by atoms with van der Waals surface area (Å²) in [6.07, 6.45) is 32.4. The van der Waals surface area contributed by atoms with E-state index < -0.39 is 59.9 Å². The lowest BCUT2D eigenvalue weighted by atomic mass is 9.99. The van der Waals surface area contributed by atoms with Gasteiger partial charge in [0.1, 0.15) is 24.4 Å². The molecule has 7 unspecified atom stereocenters. The molecule has 0 spiro atoms. The highest BCUT2D eigenvalue weighted by Crippen LogP contribution is 2.26. The van der Waals surface area contributed by atoms with E-state index in [1.165, 1.54) is 161 Å². The maximum absolute atomic E-state index is 13.1. The van der Waals surface area contributed by atoms with Gasteiger partial charge in [-0.15, -0.1) is 0 Å². The van der Waals surface area contributed by atoms with Gasteiger partial charge in [0.2, 0.25) is 5.91 Å². The molecule has 0 bridgehead atoms. The normalized spacial score (nSPS) is 20.7. The highest BCUT2D eigenvalue weighted by atomic mass is 32.3. The predicted molar refractivity (Wildman–Crippen MR) is 241 cm³/mol. The molecule has 0 aliphatic carbocycles. The number of carbonyl (C=O) groups excluding carboxylic acids is 1. The Balaban J connectivity index is 2.45. The van der Waals surface area contributed by atoms with Gasteiger partial charge >= 0.3 is 10.4 Å². The Morgan fingerprint density at radius 3 is 1.33 bits per heavy atom. The summed E-state index contributed by atoms with van der Waals surface area (Å²) in [5, 5.41) is 44.9. The van der Waals surface area contributed by atoms with E-state index in [1.54, 1.807) is 0 Å². The number of rotatable bonds is 43. The number of hydrogen-bond donors (Lipinski definition) is 6. The lowest BCUT2D eigenvalue weighted by Crippen LogP contribution is -2.61. The standard InChI is InChI=1S/C47H93NO11S/c1-3-5-7-9-11-13-15-17-19-21-22-24-26-28-30-32-34-36-41(50)40(39-57-47-45(53)46(59-60(54,55)56)44(52)42(38-49)58-47)48-43(51)37-35-33-31-29-27-25-23-20-18-16-14-12-10-8-6-4-2/h40-42,44-47,49-50,52-53H,3-39H2,1-2H3,(H,48,51)(H,54,55,56). The van der Waals surface area contributed by atoms with Crippen LogP contribution in [0, 0.1) is 0 Å². The lowest BCUT2D eigenvalue weighted by Gasteiger charge is -2.41. The highest BCUT2D eigenvalue weighted by Gasteiger charge is 2.48. The molecule has 1 amide bonds. The molecule has 0 saturated carbocycles. The van der Waals surface area contributed by atoms with Gasteiger partial charge < -0.3 is 35.2 Å². The van der Waals surface area contributed by atoms with E-state index in [4.69, 9.17) is 9.47 Å². The number of unbranched alkanes of at least 4 members (excludes halogenated alkanes) is 31. The van der Waals surface area contributed by atoms with Crippen LogP contribution in [0.3, 0.4) is 0 Å². The number of carbonyl (C=O) groups is 1. The van der Waals surface area contributed by atoms with E-state index in [-0.39, 0.29) is 12.5 Å². The van der Waals surface area contributed by atoms with Gasteiger partial charge in [-0.2, -0.15) is 8.42 Å². The second-order valence-electron chi connectivity index (χ2n) is 17.8. The first-order chi connectivity index (χ1) is 29.0. The number of amides is 1. The average molecular weight is 880 g/mol. The van der Waals surface area contributed by atoms with Crippen LogP contribution in [0.4, 0.5) is 0 Å². The fraction of sp³-hybridized carbons (Fsp3) is 0.979. The van der Waals surface area contributed by atoms with Crippen molar-refractivity contribution in [1.82, 2.24) is 5.32 Å². The molecule has 1 aliphatic heterocycles. The SMILES string of the molecule is CCCCCCCCCCCCCCCCCCCC(O)C(COC1OC(CO)C(O)C(OS(=O)(=O)O)C1O)NC(=O)CCCCCCCCCCCCCCCCCC. The molecule has 1 aliphatic rings. The van der Waals surface area contributed by atoms with Gasteiger partial charge in [0.25, 0.3) is 0 Å². The zero-order valence-electron chi connectivity index (χ0n) is 38.3. The minimum Gasteiger partial charge on any atom is -0.394 e. The Bertz CT molecular complexity index is 1080. The fourth-order valence-electron chi connectivity index (χ4n) is 8.28. The zero-order valence-corrected chi connectivity index (χ0v) is 39.1. The summed E-state index contributed by atoms with van der Waals surface area (Å²) >= 11 is 0. The third-order valence-corrected chi connectivity index (χ3v) is 12.6. The molecule has 1 fully saturated rings. The van der Waals surface area contributed by atoms with Crippen molar-refractivity contribution >= 4 is 16.3 Å². The first-order valence-corrected chi connectivity index (χ1v) is 26.3. The van der Waals surface area contributed by atoms with Crippen molar-refractivity contribution < 1.29 is 51.8 Å². The Kier molecular flexibility index (Phi) is 36.7. The van der Waals surface area contributed by atoms with E-state index in [1.807, 2.05) is 0 Å². The van der Waals surface area contributed by atoms with Crippen LogP contribution in [0.5, 0.6) is 0 Å². The van der Waals surface area contributed by atoms with Crippen LogP contribution in [-0.4, -0.2) is 95.4 Å². The topological polar surface area (TPSA) is 192 Å². The molecule has 0 aromatic heterocycles. The maximum Gasteiger partial charge on any atom is 0.397 e. The van der Waals surface area contributed by atoms with Crippen LogP contribution in [0.2, 0.25) is 0 Å². The predicted octanol–water partition coefficient (Wildman–Crippen LogP) is 10.2. The minimum absolute atomic E-state index is 0.225. The maximum atomic E-state index is 13.1. The number of ether oxygens (including phenoxy) is 2. The van der Waals surface area contributed by atoms with Crippen molar-refractivity contribution in [1.29, 1.82) is 0 Å². The van der Waals surface area contributed by atoms with Crippen LogP contribution >= 0.6 is 0 Å². The Hall–Kier alpha value is -0.900. The van der Waals surface area contributed by atoms with Crippen LogP contribution in [-0.2, 0) is 28.9 Å². The van der Waals surface area contributed by atoms with Gasteiger partial charge in [0.15, 0.2) is 6.29 Å². The summed E-state index contributed by atoms with van der Waals surface area (Å²) in [6, 6.07) is -0.851. The summed E-state index contributed by atoms with van der Waals surface area (Å²) in [5.41, 5.74) is 0. The summed E-state index contributed by atoms with van der Waals surface area (Å²) in [7, 11) is -5.07. The number of hydrogen-bond acceptors (Lipinski definition) is 10. The fourth-order valence-corrected chi connectivity index (χ4v) is 8.79. The molecule has 358 valence electrons. The summed E-state index contributed by atoms with van der Waals surface area (Å²) in [5.74, 6) is -0.225. The van der Waals surface area contributed by atoms with Gasteiger partial charge in [-0.05, 0) is 12.8 Å². The van der Waals surface area contributed by atoms with E-state index in [2.05, 4.69) is 23.3 Å². The molecule has 1 rings (SSSR count). The molecule has 0 aromatic rings. The molecule has 6 N–H and O–H groups in total. The van der Waals surface area contributed by atoms with E-state index >= 15 is 0 Å². The summed E-state index contributed by atoms with van der Waals surface area (Å²) < 4.78 is 47.7. The lowest BCUT2D eigenvalue weighted by molar-refractivity contribution is -0.298. The van der Waals surface area contributed by atoms with Gasteiger partial charge in [0.05, 0.1) is 25.4 Å². The van der Waals surface area contributed by atoms with Crippen molar-refractivity contribution in [3.8, 4) is 0 Å². The molecular formula is C47H93NO11S. The van der Waals surface area contributed by atoms with E-state index in [9.17, 15) is 38.2 Å². The first-order valence-electron chi connectivity index (χ1n) is 24.9.